The van der Waals surface area contributed by atoms with Crippen LogP contribution in [0.15, 0.2) is 48.5 Å². The van der Waals surface area contributed by atoms with Gasteiger partial charge in [0.15, 0.2) is 0 Å². The van der Waals surface area contributed by atoms with E-state index >= 15 is 0 Å². The number of ether oxygens (including phenoxy) is 2. The molecule has 0 radical (unpaired) electrons. The van der Waals surface area contributed by atoms with E-state index in [0.717, 1.165) is 27.8 Å². The molecule has 0 aromatic heterocycles. The van der Waals surface area contributed by atoms with Crippen molar-refractivity contribution in [2.75, 3.05) is 12.4 Å². The number of nitrogens with one attached hydrogen (secondary N) is 2. The van der Waals surface area contributed by atoms with Gasteiger partial charge in [-0.15, -0.1) is 0 Å². The quantitative estimate of drug-likeness (QED) is 0.388. The van der Waals surface area contributed by atoms with Crippen LogP contribution in [0, 0.1) is 19.1 Å². The first-order valence-electron chi connectivity index (χ1n) is 12.3. The molecule has 0 heterocycles. The lowest BCUT2D eigenvalue weighted by Gasteiger charge is -2.21. The maximum absolute atomic E-state index is 13.3. The van der Waals surface area contributed by atoms with E-state index in [-0.39, 0.29) is 17.9 Å². The van der Waals surface area contributed by atoms with E-state index in [1.807, 2.05) is 76.2 Å². The molecule has 2 N–H and O–H groups in total. The summed E-state index contributed by atoms with van der Waals surface area (Å²) in [7, 11) is 1.56. The molecule has 0 aliphatic rings. The van der Waals surface area contributed by atoms with Gasteiger partial charge < -0.3 is 20.1 Å². The van der Waals surface area contributed by atoms with Gasteiger partial charge in [0, 0.05) is 11.3 Å². The number of alkyl carbamates (subject to hydrolysis) is 1. The monoisotopic (exact) mass is 500 g/mol. The fourth-order valence-electron chi connectivity index (χ4n) is 3.77. The molecule has 3 aromatic rings. The number of hydrogen-bond acceptors (Lipinski definition) is 4. The highest BCUT2D eigenvalue weighted by molar-refractivity contribution is 6.06. The number of carbonyl (C=O) groups excluding carboxylic acids is 2. The van der Waals surface area contributed by atoms with Crippen molar-refractivity contribution in [1.29, 1.82) is 0 Å². The largest absolute Gasteiger partial charge is 0.496 e. The minimum Gasteiger partial charge on any atom is -0.496 e. The molecule has 6 nitrogen and oxygen atoms in total. The van der Waals surface area contributed by atoms with Gasteiger partial charge in [-0.1, -0.05) is 45.0 Å². The number of rotatable bonds is 6. The lowest BCUT2D eigenvalue weighted by atomic mass is 9.86. The molecule has 0 spiro atoms. The van der Waals surface area contributed by atoms with Gasteiger partial charge in [-0.25, -0.2) is 4.79 Å². The number of aryl methyl sites for hydroxylation is 1. The normalized spacial score (nSPS) is 11.4. The Bertz CT molecular complexity index is 1280. The Morgan fingerprint density at radius 3 is 2.35 bits per heavy atom. The number of benzene rings is 2. The van der Waals surface area contributed by atoms with Crippen LogP contribution in [0.4, 0.5) is 10.5 Å². The Kier molecular flexibility index (Phi) is 8.18. The third kappa shape index (κ3) is 7.50. The Balaban J connectivity index is 1.82. The zero-order valence-corrected chi connectivity index (χ0v) is 23.0. The third-order valence-corrected chi connectivity index (χ3v) is 5.73. The number of methoxy groups -OCH3 is 1. The molecule has 0 bridgehead atoms. The van der Waals surface area contributed by atoms with Crippen molar-refractivity contribution >= 4 is 17.7 Å². The van der Waals surface area contributed by atoms with Gasteiger partial charge in [-0.3, -0.25) is 4.79 Å². The lowest BCUT2D eigenvalue weighted by Crippen LogP contribution is -2.32. The maximum Gasteiger partial charge on any atom is 0.407 e. The highest BCUT2D eigenvalue weighted by Crippen LogP contribution is 2.30. The molecule has 6 heteroatoms. The summed E-state index contributed by atoms with van der Waals surface area (Å²) < 4.78 is 10.8. The summed E-state index contributed by atoms with van der Waals surface area (Å²) in [5.41, 5.74) is 5.17. The molecule has 0 fully saturated rings. The number of amides is 2. The van der Waals surface area contributed by atoms with Crippen molar-refractivity contribution in [1.82, 2.24) is 5.32 Å². The first kappa shape index (κ1) is 27.6. The van der Waals surface area contributed by atoms with Crippen LogP contribution in [0.1, 0.15) is 68.6 Å². The first-order valence-corrected chi connectivity index (χ1v) is 12.3. The van der Waals surface area contributed by atoms with Gasteiger partial charge in [-0.2, -0.15) is 0 Å². The van der Waals surface area contributed by atoms with E-state index in [4.69, 9.17) is 9.47 Å². The van der Waals surface area contributed by atoms with Gasteiger partial charge in [0.2, 0.25) is 0 Å². The summed E-state index contributed by atoms with van der Waals surface area (Å²) in [6, 6.07) is 21.3. The van der Waals surface area contributed by atoms with E-state index in [0.29, 0.717) is 17.0 Å². The van der Waals surface area contributed by atoms with Crippen LogP contribution < -0.4 is 15.4 Å². The molecule has 0 atom stereocenters. The predicted octanol–water partition coefficient (Wildman–Crippen LogP) is 6.85. The highest BCUT2D eigenvalue weighted by Gasteiger charge is 2.20. The van der Waals surface area contributed by atoms with E-state index in [1.165, 1.54) is 0 Å². The third-order valence-electron chi connectivity index (χ3n) is 5.73. The molecule has 3 rings (SSSR count). The van der Waals surface area contributed by atoms with E-state index < -0.39 is 11.7 Å². The van der Waals surface area contributed by atoms with Crippen LogP contribution in [-0.2, 0) is 16.7 Å². The topological polar surface area (TPSA) is 76.7 Å². The molecular formula is C31H36N2O4. The molecule has 3 aromatic carbocycles. The minimum atomic E-state index is -0.568. The standard InChI is InChI=1S/C31H36N2O4/c1-20-12-14-24(33-28(34)26-17-23(30(2,3)4)13-15-27(26)36-8)18-25(20)22-11-9-10-21(16-22)19-32-29(35)37-31(5,6)7/h11-18H,19H2,1-8H3,(H,32,35)(H,33,34). The van der Waals surface area contributed by atoms with Gasteiger partial charge in [0.1, 0.15) is 11.4 Å². The zero-order chi connectivity index (χ0) is 27.4. The van der Waals surface area contributed by atoms with Crippen LogP contribution in [0.3, 0.4) is 0 Å². The SMILES string of the molecule is COc1ccc(C(C)(C)C)cc1C(=O)Nc1ccc(C)c(-c2cc#cc(CNC(=O)OC(C)(C)C)c2)c1. The van der Waals surface area contributed by atoms with Crippen LogP contribution >= 0.6 is 0 Å². The second kappa shape index (κ2) is 11.0. The summed E-state index contributed by atoms with van der Waals surface area (Å²) in [4.78, 5) is 25.3. The molecule has 0 aliphatic heterocycles. The Hall–Kier alpha value is -3.98. The summed E-state index contributed by atoms with van der Waals surface area (Å²) in [6.45, 7) is 14.0. The van der Waals surface area contributed by atoms with Crippen LogP contribution in [0.5, 0.6) is 5.75 Å². The smallest absolute Gasteiger partial charge is 0.407 e. The average Bonchev–Trinajstić information content (AvgIpc) is 2.82. The Labute approximate surface area is 220 Å². The van der Waals surface area contributed by atoms with Gasteiger partial charge >= 0.3 is 6.09 Å². The van der Waals surface area contributed by atoms with Crippen molar-refractivity contribution < 1.29 is 19.1 Å². The van der Waals surface area contributed by atoms with Gasteiger partial charge in [0.25, 0.3) is 5.91 Å². The van der Waals surface area contributed by atoms with Crippen LogP contribution in [0.2, 0.25) is 0 Å². The predicted molar refractivity (Wildman–Crippen MR) is 147 cm³/mol. The second-order valence-corrected chi connectivity index (χ2v) is 11.0. The average molecular weight is 501 g/mol. The fraction of sp³-hybridized carbons (Fsp3) is 0.355. The molecule has 2 amide bonds. The zero-order valence-electron chi connectivity index (χ0n) is 23.0. The molecule has 0 aliphatic carbocycles. The van der Waals surface area contributed by atoms with E-state index in [9.17, 15) is 9.59 Å². The summed E-state index contributed by atoms with van der Waals surface area (Å²) in [5.74, 6) is 0.279. The molecular weight excluding hydrogens is 464 g/mol. The van der Waals surface area contributed by atoms with Crippen LogP contribution in [-0.4, -0.2) is 24.7 Å². The number of carbonyl (C=O) groups is 2. The fourth-order valence-corrected chi connectivity index (χ4v) is 3.77. The van der Waals surface area contributed by atoms with Gasteiger partial charge in [-0.05, 0) is 91.8 Å². The second-order valence-electron chi connectivity index (χ2n) is 11.0. The number of hydrogen-bond donors (Lipinski definition) is 2. The molecule has 0 saturated heterocycles. The van der Waals surface area contributed by atoms with E-state index in [2.05, 4.69) is 43.5 Å². The van der Waals surface area contributed by atoms with Crippen molar-refractivity contribution in [2.45, 2.75) is 66.0 Å². The summed E-state index contributed by atoms with van der Waals surface area (Å²) >= 11 is 0. The first-order chi connectivity index (χ1) is 17.3. The highest BCUT2D eigenvalue weighted by atomic mass is 16.6. The van der Waals surface area contributed by atoms with Crippen molar-refractivity contribution in [3.8, 4) is 16.9 Å². The van der Waals surface area contributed by atoms with E-state index in [1.54, 1.807) is 7.11 Å². The minimum absolute atomic E-state index is 0.102. The lowest BCUT2D eigenvalue weighted by molar-refractivity contribution is 0.0523. The molecule has 37 heavy (non-hydrogen) atoms. The maximum atomic E-state index is 13.3. The summed E-state index contributed by atoms with van der Waals surface area (Å²) in [5, 5.41) is 5.76. The van der Waals surface area contributed by atoms with Crippen molar-refractivity contribution in [3.05, 3.63) is 82.9 Å². The number of anilines is 1. The van der Waals surface area contributed by atoms with Crippen molar-refractivity contribution in [3.63, 3.8) is 0 Å². The molecule has 0 unspecified atom stereocenters. The van der Waals surface area contributed by atoms with Gasteiger partial charge in [0.05, 0.1) is 19.2 Å². The van der Waals surface area contributed by atoms with Crippen LogP contribution in [0.25, 0.3) is 11.1 Å². The molecule has 0 saturated carbocycles. The Morgan fingerprint density at radius 2 is 1.70 bits per heavy atom. The van der Waals surface area contributed by atoms with Crippen molar-refractivity contribution in [2.24, 2.45) is 0 Å². The Morgan fingerprint density at radius 1 is 0.973 bits per heavy atom. The molecule has 194 valence electrons. The summed E-state index contributed by atoms with van der Waals surface area (Å²) in [6.07, 6.45) is -0.488.